The summed E-state index contributed by atoms with van der Waals surface area (Å²) >= 11 is 6.09. The van der Waals surface area contributed by atoms with Crippen LogP contribution in [0.4, 0.5) is 11.6 Å². The Morgan fingerprint density at radius 2 is 1.71 bits per heavy atom. The van der Waals surface area contributed by atoms with Gasteiger partial charge in [0, 0.05) is 50.1 Å². The molecule has 21 heavy (non-hydrogen) atoms. The lowest BCUT2D eigenvalue weighted by molar-refractivity contribution is 0.638. The maximum absolute atomic E-state index is 6.09. The number of benzene rings is 1. The predicted octanol–water partition coefficient (Wildman–Crippen LogP) is 2.85. The Kier molecular flexibility index (Phi) is 4.25. The zero-order valence-electron chi connectivity index (χ0n) is 12.2. The lowest BCUT2D eigenvalue weighted by Gasteiger charge is -2.37. The van der Waals surface area contributed by atoms with Crippen LogP contribution in [0.5, 0.6) is 0 Å². The molecule has 1 fully saturated rings. The van der Waals surface area contributed by atoms with E-state index in [1.54, 1.807) is 12.4 Å². The molecular weight excluding hydrogens is 284 g/mol. The molecule has 1 aliphatic rings. The Morgan fingerprint density at radius 3 is 2.38 bits per heavy atom. The maximum atomic E-state index is 6.09. The molecule has 0 amide bonds. The molecule has 2 heterocycles. The highest BCUT2D eigenvalue weighted by atomic mass is 35.5. The fraction of sp³-hybridized carbons (Fsp3) is 0.375. The van der Waals surface area contributed by atoms with Crippen LogP contribution in [-0.4, -0.2) is 36.1 Å². The van der Waals surface area contributed by atoms with Crippen LogP contribution >= 0.6 is 11.6 Å². The third-order valence-corrected chi connectivity index (χ3v) is 4.12. The van der Waals surface area contributed by atoms with Gasteiger partial charge in [0.15, 0.2) is 0 Å². The summed E-state index contributed by atoms with van der Waals surface area (Å²) in [5.74, 6) is 1.37. The van der Waals surface area contributed by atoms with E-state index in [1.807, 2.05) is 6.07 Å². The van der Waals surface area contributed by atoms with Gasteiger partial charge in [-0.3, -0.25) is 0 Å². The van der Waals surface area contributed by atoms with Gasteiger partial charge in [0.2, 0.25) is 5.95 Å². The van der Waals surface area contributed by atoms with Crippen LogP contribution in [-0.2, 0) is 5.88 Å². The molecule has 0 radical (unpaired) electrons. The first-order valence-corrected chi connectivity index (χ1v) is 7.74. The minimum atomic E-state index is 0.555. The summed E-state index contributed by atoms with van der Waals surface area (Å²) in [6.45, 7) is 5.89. The number of halogens is 1. The molecule has 0 atom stereocenters. The molecule has 1 aromatic heterocycles. The quantitative estimate of drug-likeness (QED) is 0.816. The van der Waals surface area contributed by atoms with E-state index in [0.717, 1.165) is 32.1 Å². The van der Waals surface area contributed by atoms with Gasteiger partial charge in [-0.1, -0.05) is 17.7 Å². The SMILES string of the molecule is Cc1ccc(N2CCN(c3ncccn3)CC2)c(CCl)c1. The van der Waals surface area contributed by atoms with E-state index in [2.05, 4.69) is 44.9 Å². The van der Waals surface area contributed by atoms with Crippen molar-refractivity contribution in [3.63, 3.8) is 0 Å². The number of alkyl halides is 1. The molecule has 0 bridgehead atoms. The Morgan fingerprint density at radius 1 is 1.05 bits per heavy atom. The summed E-state index contributed by atoms with van der Waals surface area (Å²) in [4.78, 5) is 13.3. The summed E-state index contributed by atoms with van der Waals surface area (Å²) in [5.41, 5.74) is 3.72. The maximum Gasteiger partial charge on any atom is 0.225 e. The van der Waals surface area contributed by atoms with Crippen molar-refractivity contribution in [1.82, 2.24) is 9.97 Å². The number of hydrogen-bond donors (Lipinski definition) is 0. The average molecular weight is 303 g/mol. The van der Waals surface area contributed by atoms with Crippen LogP contribution in [0.25, 0.3) is 0 Å². The first kappa shape index (κ1) is 14.1. The van der Waals surface area contributed by atoms with Gasteiger partial charge in [0.25, 0.3) is 0 Å². The Hall–Kier alpha value is -1.81. The molecule has 5 heteroatoms. The summed E-state index contributed by atoms with van der Waals surface area (Å²) in [6.07, 6.45) is 3.58. The number of rotatable bonds is 3. The second-order valence-corrected chi connectivity index (χ2v) is 5.56. The number of hydrogen-bond acceptors (Lipinski definition) is 4. The summed E-state index contributed by atoms with van der Waals surface area (Å²) in [7, 11) is 0. The molecule has 0 aliphatic carbocycles. The topological polar surface area (TPSA) is 32.3 Å². The van der Waals surface area contributed by atoms with Gasteiger partial charge in [-0.2, -0.15) is 0 Å². The van der Waals surface area contributed by atoms with Crippen LogP contribution < -0.4 is 9.80 Å². The van der Waals surface area contributed by atoms with Crippen molar-refractivity contribution in [3.8, 4) is 0 Å². The van der Waals surface area contributed by atoms with Gasteiger partial charge in [-0.25, -0.2) is 9.97 Å². The van der Waals surface area contributed by atoms with Crippen LogP contribution in [0.3, 0.4) is 0 Å². The minimum absolute atomic E-state index is 0.555. The predicted molar refractivity (Wildman–Crippen MR) is 87.2 cm³/mol. The van der Waals surface area contributed by atoms with Gasteiger partial charge in [0.1, 0.15) is 0 Å². The van der Waals surface area contributed by atoms with Crippen molar-refractivity contribution in [2.75, 3.05) is 36.0 Å². The van der Waals surface area contributed by atoms with Crippen LogP contribution in [0.1, 0.15) is 11.1 Å². The lowest BCUT2D eigenvalue weighted by atomic mass is 10.1. The van der Waals surface area contributed by atoms with Crippen molar-refractivity contribution in [2.45, 2.75) is 12.8 Å². The van der Waals surface area contributed by atoms with E-state index >= 15 is 0 Å². The van der Waals surface area contributed by atoms with E-state index in [1.165, 1.54) is 16.8 Å². The smallest absolute Gasteiger partial charge is 0.225 e. The van der Waals surface area contributed by atoms with Crippen LogP contribution in [0, 0.1) is 6.92 Å². The van der Waals surface area contributed by atoms with Crippen LogP contribution in [0.15, 0.2) is 36.7 Å². The van der Waals surface area contributed by atoms with E-state index in [9.17, 15) is 0 Å². The van der Waals surface area contributed by atoms with E-state index in [-0.39, 0.29) is 0 Å². The second-order valence-electron chi connectivity index (χ2n) is 5.29. The zero-order valence-corrected chi connectivity index (χ0v) is 12.9. The highest BCUT2D eigenvalue weighted by Gasteiger charge is 2.20. The summed E-state index contributed by atoms with van der Waals surface area (Å²) < 4.78 is 0. The molecule has 110 valence electrons. The van der Waals surface area contributed by atoms with Gasteiger partial charge in [-0.15, -0.1) is 11.6 Å². The Bertz CT molecular complexity index is 594. The molecule has 0 saturated carbocycles. The number of aryl methyl sites for hydroxylation is 1. The fourth-order valence-electron chi connectivity index (χ4n) is 2.73. The molecule has 1 aromatic carbocycles. The fourth-order valence-corrected chi connectivity index (χ4v) is 2.95. The van der Waals surface area contributed by atoms with Crippen molar-refractivity contribution in [2.24, 2.45) is 0 Å². The van der Waals surface area contributed by atoms with Gasteiger partial charge in [0.05, 0.1) is 0 Å². The van der Waals surface area contributed by atoms with Crippen molar-refractivity contribution in [1.29, 1.82) is 0 Å². The zero-order chi connectivity index (χ0) is 14.7. The molecule has 2 aromatic rings. The molecule has 0 spiro atoms. The molecule has 0 N–H and O–H groups in total. The highest BCUT2D eigenvalue weighted by molar-refractivity contribution is 6.17. The standard InChI is InChI=1S/C16H19ClN4/c1-13-3-4-15(14(11-13)12-17)20-7-9-21(10-8-20)16-18-5-2-6-19-16/h2-6,11H,7-10,12H2,1H3. The third-order valence-electron chi connectivity index (χ3n) is 3.83. The normalized spacial score (nSPS) is 15.3. The van der Waals surface area contributed by atoms with E-state index in [4.69, 9.17) is 11.6 Å². The van der Waals surface area contributed by atoms with Gasteiger partial charge >= 0.3 is 0 Å². The molecule has 1 saturated heterocycles. The third kappa shape index (κ3) is 3.10. The molecule has 0 unspecified atom stereocenters. The average Bonchev–Trinajstić information content (AvgIpc) is 2.56. The molecule has 4 nitrogen and oxygen atoms in total. The largest absolute Gasteiger partial charge is 0.368 e. The Balaban J connectivity index is 1.71. The molecule has 3 rings (SSSR count). The van der Waals surface area contributed by atoms with E-state index in [0.29, 0.717) is 5.88 Å². The number of piperazine rings is 1. The number of anilines is 2. The van der Waals surface area contributed by atoms with E-state index < -0.39 is 0 Å². The van der Waals surface area contributed by atoms with Crippen molar-refractivity contribution in [3.05, 3.63) is 47.8 Å². The Labute approximate surface area is 130 Å². The summed E-state index contributed by atoms with van der Waals surface area (Å²) in [6, 6.07) is 8.35. The van der Waals surface area contributed by atoms with Gasteiger partial charge in [-0.05, 0) is 24.6 Å². The first-order chi connectivity index (χ1) is 10.3. The molecular formula is C16H19ClN4. The van der Waals surface area contributed by atoms with Crippen LogP contribution in [0.2, 0.25) is 0 Å². The molecule has 1 aliphatic heterocycles. The first-order valence-electron chi connectivity index (χ1n) is 7.20. The summed E-state index contributed by atoms with van der Waals surface area (Å²) in [5, 5.41) is 0. The van der Waals surface area contributed by atoms with Gasteiger partial charge < -0.3 is 9.80 Å². The monoisotopic (exact) mass is 302 g/mol. The van der Waals surface area contributed by atoms with Crippen molar-refractivity contribution < 1.29 is 0 Å². The number of aromatic nitrogens is 2. The minimum Gasteiger partial charge on any atom is -0.368 e. The number of nitrogens with zero attached hydrogens (tertiary/aromatic N) is 4. The van der Waals surface area contributed by atoms with Crippen molar-refractivity contribution >= 4 is 23.2 Å². The highest BCUT2D eigenvalue weighted by Crippen LogP contribution is 2.25. The second kappa shape index (κ2) is 6.31. The lowest BCUT2D eigenvalue weighted by Crippen LogP contribution is -2.47.